The molecule has 0 heterocycles. The highest BCUT2D eigenvalue weighted by Gasteiger charge is 2.32. The van der Waals surface area contributed by atoms with Gasteiger partial charge >= 0.3 is 6.18 Å². The molecule has 0 atom stereocenters. The van der Waals surface area contributed by atoms with Crippen LogP contribution in [-0.2, 0) is 12.7 Å². The first kappa shape index (κ1) is 16.2. The summed E-state index contributed by atoms with van der Waals surface area (Å²) in [4.78, 5) is 11.2. The van der Waals surface area contributed by atoms with Crippen molar-refractivity contribution in [2.24, 2.45) is 5.73 Å². The lowest BCUT2D eigenvalue weighted by atomic mass is 10.1. The Kier molecular flexibility index (Phi) is 4.61. The molecule has 2 rings (SSSR count). The maximum atomic E-state index is 12.9. The first-order valence-corrected chi connectivity index (χ1v) is 6.65. The van der Waals surface area contributed by atoms with Crippen LogP contribution in [0, 0.1) is 0 Å². The molecule has 3 N–H and O–H groups in total. The van der Waals surface area contributed by atoms with Crippen LogP contribution in [0.2, 0.25) is 5.02 Å². The van der Waals surface area contributed by atoms with Gasteiger partial charge in [0.15, 0.2) is 0 Å². The number of carbonyl (C=O) groups is 1. The van der Waals surface area contributed by atoms with E-state index in [0.717, 1.165) is 6.07 Å². The Labute approximate surface area is 129 Å². The van der Waals surface area contributed by atoms with Crippen LogP contribution in [0.15, 0.2) is 42.5 Å². The van der Waals surface area contributed by atoms with Gasteiger partial charge in [-0.05, 0) is 29.8 Å². The molecule has 116 valence electrons. The number of anilines is 1. The molecule has 0 fully saturated rings. The first-order valence-electron chi connectivity index (χ1n) is 6.27. The van der Waals surface area contributed by atoms with Crippen LogP contribution in [0.3, 0.4) is 0 Å². The molecule has 0 aromatic heterocycles. The minimum atomic E-state index is -4.42. The lowest BCUT2D eigenvalue weighted by Crippen LogP contribution is -2.13. The van der Waals surface area contributed by atoms with Crippen molar-refractivity contribution in [3.63, 3.8) is 0 Å². The Bertz CT molecular complexity index is 701. The van der Waals surface area contributed by atoms with Crippen LogP contribution >= 0.6 is 11.6 Å². The van der Waals surface area contributed by atoms with Gasteiger partial charge in [-0.1, -0.05) is 29.8 Å². The summed E-state index contributed by atoms with van der Waals surface area (Å²) in [6.45, 7) is -0.0461. The summed E-state index contributed by atoms with van der Waals surface area (Å²) in [5.74, 6) is -0.704. The molecule has 0 aliphatic heterocycles. The van der Waals surface area contributed by atoms with Gasteiger partial charge in [0.05, 0.1) is 16.1 Å². The normalized spacial score (nSPS) is 11.3. The van der Waals surface area contributed by atoms with Gasteiger partial charge in [-0.15, -0.1) is 0 Å². The van der Waals surface area contributed by atoms with Crippen LogP contribution in [0.1, 0.15) is 21.5 Å². The molecule has 7 heteroatoms. The van der Waals surface area contributed by atoms with Crippen LogP contribution < -0.4 is 11.1 Å². The third-order valence-electron chi connectivity index (χ3n) is 3.04. The number of hydrogen-bond acceptors (Lipinski definition) is 2. The molecule has 3 nitrogen and oxygen atoms in total. The van der Waals surface area contributed by atoms with Gasteiger partial charge in [-0.3, -0.25) is 4.79 Å². The van der Waals surface area contributed by atoms with Crippen molar-refractivity contribution in [3.05, 3.63) is 64.2 Å². The largest absolute Gasteiger partial charge is 0.416 e. The zero-order chi connectivity index (χ0) is 16.3. The second kappa shape index (κ2) is 6.27. The molecule has 0 radical (unpaired) electrons. The van der Waals surface area contributed by atoms with E-state index in [1.165, 1.54) is 30.3 Å². The van der Waals surface area contributed by atoms with Crippen molar-refractivity contribution < 1.29 is 18.0 Å². The average molecular weight is 329 g/mol. The van der Waals surface area contributed by atoms with Crippen molar-refractivity contribution in [2.75, 3.05) is 5.32 Å². The maximum Gasteiger partial charge on any atom is 0.416 e. The van der Waals surface area contributed by atoms with Gasteiger partial charge in [0, 0.05) is 12.2 Å². The molecular formula is C15H12ClF3N2O. The summed E-state index contributed by atoms with van der Waals surface area (Å²) in [5.41, 5.74) is 5.13. The first-order chi connectivity index (χ1) is 10.3. The fourth-order valence-corrected chi connectivity index (χ4v) is 2.18. The van der Waals surface area contributed by atoms with Crippen LogP contribution in [0.25, 0.3) is 0 Å². The molecule has 0 saturated heterocycles. The fourth-order valence-electron chi connectivity index (χ4n) is 1.97. The molecule has 2 aromatic rings. The molecule has 0 aliphatic carbocycles. The number of alkyl halides is 3. The van der Waals surface area contributed by atoms with E-state index >= 15 is 0 Å². The lowest BCUT2D eigenvalue weighted by molar-refractivity contribution is -0.138. The number of nitrogens with one attached hydrogen (secondary N) is 1. The van der Waals surface area contributed by atoms with E-state index < -0.39 is 17.6 Å². The summed E-state index contributed by atoms with van der Waals surface area (Å²) in [6, 6.07) is 9.70. The van der Waals surface area contributed by atoms with E-state index in [1.54, 1.807) is 6.07 Å². The number of hydrogen-bond donors (Lipinski definition) is 2. The quantitative estimate of drug-likeness (QED) is 0.889. The number of halogens is 4. The van der Waals surface area contributed by atoms with Gasteiger partial charge in [-0.25, -0.2) is 0 Å². The topological polar surface area (TPSA) is 55.1 Å². The molecule has 2 aromatic carbocycles. The molecule has 1 amide bonds. The Morgan fingerprint density at radius 3 is 2.50 bits per heavy atom. The van der Waals surface area contributed by atoms with Crippen LogP contribution in [0.4, 0.5) is 18.9 Å². The summed E-state index contributed by atoms with van der Waals surface area (Å²) in [7, 11) is 0. The van der Waals surface area contributed by atoms with Gasteiger partial charge in [-0.2, -0.15) is 13.2 Å². The predicted octanol–water partition coefficient (Wildman–Crippen LogP) is 4.07. The van der Waals surface area contributed by atoms with Crippen molar-refractivity contribution in [2.45, 2.75) is 12.7 Å². The number of amides is 1. The van der Waals surface area contributed by atoms with Crippen LogP contribution in [-0.4, -0.2) is 5.91 Å². The van der Waals surface area contributed by atoms with E-state index in [-0.39, 0.29) is 22.7 Å². The summed E-state index contributed by atoms with van der Waals surface area (Å²) >= 11 is 5.82. The lowest BCUT2D eigenvalue weighted by Gasteiger charge is -2.14. The molecule has 0 unspecified atom stereocenters. The number of nitrogens with two attached hydrogens (primary N) is 1. The second-order valence-electron chi connectivity index (χ2n) is 4.57. The van der Waals surface area contributed by atoms with Crippen LogP contribution in [0.5, 0.6) is 0 Å². The number of carbonyl (C=O) groups excluding carboxylic acids is 1. The third kappa shape index (κ3) is 3.71. The standard InChI is InChI=1S/C15H12ClF3N2O/c16-13-6-5-10(7-11(13)14(20)22)21-8-9-3-1-2-4-12(9)15(17,18)19/h1-7,21H,8H2,(H2,20,22). The van der Waals surface area contributed by atoms with Gasteiger partial charge in [0.2, 0.25) is 5.91 Å². The smallest absolute Gasteiger partial charge is 0.381 e. The Balaban J connectivity index is 2.21. The number of benzene rings is 2. The molecule has 0 spiro atoms. The van der Waals surface area contributed by atoms with E-state index in [2.05, 4.69) is 5.32 Å². The highest BCUT2D eigenvalue weighted by atomic mass is 35.5. The predicted molar refractivity (Wildman–Crippen MR) is 78.7 cm³/mol. The third-order valence-corrected chi connectivity index (χ3v) is 3.37. The van der Waals surface area contributed by atoms with Crippen molar-refractivity contribution >= 4 is 23.2 Å². The maximum absolute atomic E-state index is 12.9. The summed E-state index contributed by atoms with van der Waals surface area (Å²) in [6.07, 6.45) is -4.42. The minimum absolute atomic E-state index is 0.0461. The van der Waals surface area contributed by atoms with Crippen molar-refractivity contribution in [1.82, 2.24) is 0 Å². The van der Waals surface area contributed by atoms with Gasteiger partial charge < -0.3 is 11.1 Å². The van der Waals surface area contributed by atoms with Crippen molar-refractivity contribution in [3.8, 4) is 0 Å². The molecule has 0 saturated carbocycles. The average Bonchev–Trinajstić information content (AvgIpc) is 2.45. The number of primary amides is 1. The summed E-state index contributed by atoms with van der Waals surface area (Å²) < 4.78 is 38.7. The monoisotopic (exact) mass is 328 g/mol. The van der Waals surface area contributed by atoms with E-state index in [1.807, 2.05) is 0 Å². The van der Waals surface area contributed by atoms with Crippen molar-refractivity contribution in [1.29, 1.82) is 0 Å². The van der Waals surface area contributed by atoms with E-state index in [0.29, 0.717) is 5.69 Å². The van der Waals surface area contributed by atoms with E-state index in [4.69, 9.17) is 17.3 Å². The molecule has 0 aliphatic rings. The molecule has 22 heavy (non-hydrogen) atoms. The Hall–Kier alpha value is -2.21. The highest BCUT2D eigenvalue weighted by molar-refractivity contribution is 6.33. The summed E-state index contributed by atoms with van der Waals surface area (Å²) in [5, 5.41) is 3.02. The molecular weight excluding hydrogens is 317 g/mol. The Morgan fingerprint density at radius 2 is 1.86 bits per heavy atom. The Morgan fingerprint density at radius 1 is 1.18 bits per heavy atom. The fraction of sp³-hybridized carbons (Fsp3) is 0.133. The minimum Gasteiger partial charge on any atom is -0.381 e. The SMILES string of the molecule is NC(=O)c1cc(NCc2ccccc2C(F)(F)F)ccc1Cl. The highest BCUT2D eigenvalue weighted by Crippen LogP contribution is 2.32. The molecule has 0 bridgehead atoms. The zero-order valence-electron chi connectivity index (χ0n) is 11.2. The number of rotatable bonds is 4. The second-order valence-corrected chi connectivity index (χ2v) is 4.97. The van der Waals surface area contributed by atoms with Gasteiger partial charge in [0.25, 0.3) is 0 Å². The van der Waals surface area contributed by atoms with E-state index in [9.17, 15) is 18.0 Å². The zero-order valence-corrected chi connectivity index (χ0v) is 12.0. The van der Waals surface area contributed by atoms with Gasteiger partial charge in [0.1, 0.15) is 0 Å².